The van der Waals surface area contributed by atoms with Crippen LogP contribution in [0.25, 0.3) is 0 Å². The number of imidazole rings is 1. The van der Waals surface area contributed by atoms with Gasteiger partial charge in [0, 0.05) is 36.8 Å². The minimum absolute atomic E-state index is 0.342. The van der Waals surface area contributed by atoms with E-state index in [1.165, 1.54) is 42.9 Å². The molecule has 5 nitrogen and oxygen atoms in total. The van der Waals surface area contributed by atoms with Gasteiger partial charge in [0.15, 0.2) is 0 Å². The van der Waals surface area contributed by atoms with E-state index < -0.39 is 0 Å². The number of hydrogen-bond acceptors (Lipinski definition) is 4. The van der Waals surface area contributed by atoms with Gasteiger partial charge >= 0.3 is 0 Å². The van der Waals surface area contributed by atoms with Gasteiger partial charge in [-0.15, -0.1) is 0 Å². The average molecular weight is 369 g/mol. The van der Waals surface area contributed by atoms with Crippen molar-refractivity contribution in [3.63, 3.8) is 0 Å². The zero-order chi connectivity index (χ0) is 19.0. The number of phenolic OH excluding ortho intramolecular Hbond substituents is 1. The molecule has 0 radical (unpaired) electrons. The highest BCUT2D eigenvalue weighted by Gasteiger charge is 2.37. The zero-order valence-corrected chi connectivity index (χ0v) is 16.8. The minimum Gasteiger partial charge on any atom is -0.508 e. The van der Waals surface area contributed by atoms with Crippen molar-refractivity contribution < 1.29 is 5.11 Å². The van der Waals surface area contributed by atoms with Crippen molar-refractivity contribution in [2.45, 2.75) is 58.7 Å². The number of benzene rings is 1. The Morgan fingerprint density at radius 3 is 2.74 bits per heavy atom. The maximum Gasteiger partial charge on any atom is 0.120 e. The number of H-pyrrole nitrogens is 1. The van der Waals surface area contributed by atoms with E-state index in [4.69, 9.17) is 4.98 Å². The Bertz CT molecular complexity index is 776. The number of rotatable bonds is 4. The molecule has 1 aromatic carbocycles. The van der Waals surface area contributed by atoms with Gasteiger partial charge in [-0.05, 0) is 58.7 Å². The van der Waals surface area contributed by atoms with Gasteiger partial charge in [-0.1, -0.05) is 17.7 Å². The minimum atomic E-state index is 0.342. The molecule has 146 valence electrons. The van der Waals surface area contributed by atoms with Gasteiger partial charge in [-0.2, -0.15) is 0 Å². The first-order valence-corrected chi connectivity index (χ1v) is 10.3. The summed E-state index contributed by atoms with van der Waals surface area (Å²) in [7, 11) is 0. The maximum atomic E-state index is 10.4. The zero-order valence-electron chi connectivity index (χ0n) is 16.8. The summed E-state index contributed by atoms with van der Waals surface area (Å²) >= 11 is 0. The number of likely N-dealkylation sites (tertiary alicyclic amines) is 1. The maximum absolute atomic E-state index is 10.4. The second-order valence-electron chi connectivity index (χ2n) is 8.53. The highest BCUT2D eigenvalue weighted by atomic mass is 16.3. The number of fused-ring (bicyclic) bond motifs is 1. The van der Waals surface area contributed by atoms with Crippen LogP contribution in [-0.4, -0.2) is 50.6 Å². The Morgan fingerprint density at radius 1 is 1.22 bits per heavy atom. The molecule has 0 spiro atoms. The Labute approximate surface area is 162 Å². The fourth-order valence-electron chi connectivity index (χ4n) is 4.86. The predicted octanol–water partition coefficient (Wildman–Crippen LogP) is 3.64. The number of hydrogen-bond donors (Lipinski definition) is 2. The summed E-state index contributed by atoms with van der Waals surface area (Å²) in [6, 6.07) is 6.88. The molecule has 3 heterocycles. The topological polar surface area (TPSA) is 55.4 Å². The van der Waals surface area contributed by atoms with Crippen molar-refractivity contribution in [1.82, 2.24) is 19.8 Å². The first-order valence-electron chi connectivity index (χ1n) is 10.3. The van der Waals surface area contributed by atoms with Crippen LogP contribution >= 0.6 is 0 Å². The summed E-state index contributed by atoms with van der Waals surface area (Å²) in [5, 5.41) is 10.4. The van der Waals surface area contributed by atoms with Crippen molar-refractivity contribution >= 4 is 0 Å². The fourth-order valence-corrected chi connectivity index (χ4v) is 4.86. The third kappa shape index (κ3) is 3.76. The monoisotopic (exact) mass is 368 g/mol. The molecule has 0 aliphatic carbocycles. The van der Waals surface area contributed by atoms with Crippen molar-refractivity contribution in [3.05, 3.63) is 47.0 Å². The highest BCUT2D eigenvalue weighted by Crippen LogP contribution is 2.40. The van der Waals surface area contributed by atoms with Gasteiger partial charge in [0.2, 0.25) is 0 Å². The Balaban J connectivity index is 1.58. The van der Waals surface area contributed by atoms with E-state index in [0.717, 1.165) is 25.1 Å². The normalized spacial score (nSPS) is 22.3. The van der Waals surface area contributed by atoms with Crippen LogP contribution in [0, 0.1) is 12.8 Å². The lowest BCUT2D eigenvalue weighted by Crippen LogP contribution is -2.45. The molecule has 1 atom stereocenters. The lowest BCUT2D eigenvalue weighted by molar-refractivity contribution is 0.0614. The molecule has 5 heteroatoms. The molecule has 2 aliphatic rings. The Morgan fingerprint density at radius 2 is 2.00 bits per heavy atom. The van der Waals surface area contributed by atoms with E-state index in [0.29, 0.717) is 23.8 Å². The molecule has 27 heavy (non-hydrogen) atoms. The summed E-state index contributed by atoms with van der Waals surface area (Å²) in [4.78, 5) is 13.2. The third-order valence-corrected chi connectivity index (χ3v) is 6.43. The molecule has 0 amide bonds. The van der Waals surface area contributed by atoms with Crippen molar-refractivity contribution in [2.24, 2.45) is 5.92 Å². The molecule has 2 aliphatic heterocycles. The molecule has 0 saturated carbocycles. The quantitative estimate of drug-likeness (QED) is 0.865. The third-order valence-electron chi connectivity index (χ3n) is 6.43. The SMILES string of the molecule is Cc1ccc(O)c(CN2CCc3[nH]cnc3[C@@H]2C2CCN(C(C)C)CC2)c1. The molecule has 0 bridgehead atoms. The average Bonchev–Trinajstić information content (AvgIpc) is 3.13. The summed E-state index contributed by atoms with van der Waals surface area (Å²) in [5.41, 5.74) is 4.76. The van der Waals surface area contributed by atoms with E-state index in [1.54, 1.807) is 0 Å². The van der Waals surface area contributed by atoms with Crippen LogP contribution in [0.1, 0.15) is 55.2 Å². The van der Waals surface area contributed by atoms with E-state index >= 15 is 0 Å². The molecular weight excluding hydrogens is 336 g/mol. The van der Waals surface area contributed by atoms with Crippen molar-refractivity contribution in [2.75, 3.05) is 19.6 Å². The van der Waals surface area contributed by atoms with Crippen LogP contribution in [0.5, 0.6) is 5.75 Å². The van der Waals surface area contributed by atoms with Gasteiger partial charge in [-0.3, -0.25) is 4.90 Å². The molecule has 1 fully saturated rings. The molecule has 2 aromatic rings. The van der Waals surface area contributed by atoms with Crippen LogP contribution in [0.3, 0.4) is 0 Å². The first kappa shape index (κ1) is 18.5. The predicted molar refractivity (Wildman–Crippen MR) is 108 cm³/mol. The lowest BCUT2D eigenvalue weighted by Gasteiger charge is -2.43. The second-order valence-corrected chi connectivity index (χ2v) is 8.53. The van der Waals surface area contributed by atoms with Crippen LogP contribution in [0.15, 0.2) is 24.5 Å². The summed E-state index contributed by atoms with van der Waals surface area (Å²) in [5.74, 6) is 1.02. The lowest BCUT2D eigenvalue weighted by atomic mass is 9.83. The number of aromatic amines is 1. The summed E-state index contributed by atoms with van der Waals surface area (Å²) < 4.78 is 0. The van der Waals surface area contributed by atoms with Gasteiger partial charge in [-0.25, -0.2) is 4.98 Å². The van der Waals surface area contributed by atoms with Gasteiger partial charge in [0.05, 0.1) is 18.1 Å². The number of phenols is 1. The number of aromatic nitrogens is 2. The fraction of sp³-hybridized carbons (Fsp3) is 0.591. The van der Waals surface area contributed by atoms with E-state index in [9.17, 15) is 5.11 Å². The molecular formula is C22H32N4O. The van der Waals surface area contributed by atoms with Crippen LogP contribution in [0.2, 0.25) is 0 Å². The van der Waals surface area contributed by atoms with E-state index in [1.807, 2.05) is 18.5 Å². The number of piperidine rings is 1. The van der Waals surface area contributed by atoms with Crippen molar-refractivity contribution in [3.8, 4) is 5.75 Å². The molecule has 4 rings (SSSR count). The molecule has 0 unspecified atom stereocenters. The summed E-state index contributed by atoms with van der Waals surface area (Å²) in [6.07, 6.45) is 5.29. The molecule has 1 saturated heterocycles. The van der Waals surface area contributed by atoms with E-state index in [2.05, 4.69) is 41.6 Å². The van der Waals surface area contributed by atoms with Gasteiger partial charge < -0.3 is 15.0 Å². The van der Waals surface area contributed by atoms with Crippen molar-refractivity contribution in [1.29, 1.82) is 0 Å². The Kier molecular flexibility index (Phi) is 5.24. The molecule has 2 N–H and O–H groups in total. The first-order chi connectivity index (χ1) is 13.0. The molecule has 1 aromatic heterocycles. The Hall–Kier alpha value is -1.85. The largest absolute Gasteiger partial charge is 0.508 e. The summed E-state index contributed by atoms with van der Waals surface area (Å²) in [6.45, 7) is 10.8. The standard InChI is InChI=1S/C22H32N4O/c1-15(2)25-9-6-17(7-10-25)22-21-19(23-14-24-21)8-11-26(22)13-18-12-16(3)4-5-20(18)27/h4-5,12,14-15,17,22,27H,6-11,13H2,1-3H3,(H,23,24)/t22-/m0/s1. The van der Waals surface area contributed by atoms with Gasteiger partial charge in [0.25, 0.3) is 0 Å². The second kappa shape index (κ2) is 7.64. The van der Waals surface area contributed by atoms with Crippen LogP contribution in [0.4, 0.5) is 0 Å². The van der Waals surface area contributed by atoms with Crippen LogP contribution < -0.4 is 0 Å². The highest BCUT2D eigenvalue weighted by molar-refractivity contribution is 5.36. The number of nitrogens with one attached hydrogen (secondary N) is 1. The van der Waals surface area contributed by atoms with Gasteiger partial charge in [0.1, 0.15) is 5.75 Å². The van der Waals surface area contributed by atoms with Crippen LogP contribution in [-0.2, 0) is 13.0 Å². The smallest absolute Gasteiger partial charge is 0.120 e. The van der Waals surface area contributed by atoms with E-state index in [-0.39, 0.29) is 0 Å². The number of aromatic hydroxyl groups is 1. The number of aryl methyl sites for hydroxylation is 1. The number of nitrogens with zero attached hydrogens (tertiary/aromatic N) is 3.